The van der Waals surface area contributed by atoms with Gasteiger partial charge >= 0.3 is 0 Å². The number of fused-ring (bicyclic) bond motifs is 1. The first-order valence-electron chi connectivity index (χ1n) is 8.21. The van der Waals surface area contributed by atoms with E-state index in [0.717, 1.165) is 11.1 Å². The maximum atomic E-state index is 12.8. The molecule has 0 aliphatic rings. The van der Waals surface area contributed by atoms with Crippen molar-refractivity contribution >= 4 is 16.8 Å². The molecule has 1 aromatic carbocycles. The molecule has 130 valence electrons. The Labute approximate surface area is 155 Å². The van der Waals surface area contributed by atoms with E-state index in [0.29, 0.717) is 33.5 Å². The zero-order valence-electron chi connectivity index (χ0n) is 14.4. The molecule has 27 heavy (non-hydrogen) atoms. The van der Waals surface area contributed by atoms with Gasteiger partial charge in [-0.15, -0.1) is 0 Å². The Morgan fingerprint density at radius 1 is 1.22 bits per heavy atom. The molecule has 0 aliphatic heterocycles. The van der Waals surface area contributed by atoms with Gasteiger partial charge in [-0.3, -0.25) is 9.78 Å². The number of ether oxygens (including phenoxy) is 1. The van der Waals surface area contributed by atoms with Gasteiger partial charge < -0.3 is 9.72 Å². The van der Waals surface area contributed by atoms with Gasteiger partial charge in [0.25, 0.3) is 0 Å². The fourth-order valence-corrected chi connectivity index (χ4v) is 2.99. The summed E-state index contributed by atoms with van der Waals surface area (Å²) in [6.07, 6.45) is 6.49. The standard InChI is InChI=1S/C21H14N4O2/c1-27-16-4-5-17(14(7-16)9-22)15-8-18-19(12-25-21(18)24-11-15)20(26)13-3-2-6-23-10-13/h2-8,10-12H,1H3,(H,24,25). The van der Waals surface area contributed by atoms with Crippen molar-refractivity contribution in [3.8, 4) is 22.9 Å². The van der Waals surface area contributed by atoms with Crippen molar-refractivity contribution in [3.05, 3.63) is 77.9 Å². The number of hydrogen-bond acceptors (Lipinski definition) is 5. The zero-order chi connectivity index (χ0) is 18.8. The van der Waals surface area contributed by atoms with Crippen LogP contribution in [-0.2, 0) is 0 Å². The minimum atomic E-state index is -0.136. The number of pyridine rings is 2. The molecule has 4 aromatic rings. The van der Waals surface area contributed by atoms with Crippen LogP contribution in [0.5, 0.6) is 5.75 Å². The van der Waals surface area contributed by atoms with E-state index in [9.17, 15) is 10.1 Å². The minimum absolute atomic E-state index is 0.136. The van der Waals surface area contributed by atoms with Crippen LogP contribution in [0.2, 0.25) is 0 Å². The monoisotopic (exact) mass is 354 g/mol. The largest absolute Gasteiger partial charge is 0.497 e. The predicted molar refractivity (Wildman–Crippen MR) is 100 cm³/mol. The molecule has 0 bridgehead atoms. The normalized spacial score (nSPS) is 10.5. The number of aromatic amines is 1. The van der Waals surface area contributed by atoms with Gasteiger partial charge in [-0.2, -0.15) is 5.26 Å². The first-order chi connectivity index (χ1) is 13.2. The number of benzene rings is 1. The molecule has 1 N–H and O–H groups in total. The third-order valence-electron chi connectivity index (χ3n) is 4.36. The molecule has 6 heteroatoms. The number of H-pyrrole nitrogens is 1. The molecular formula is C21H14N4O2. The molecule has 0 aliphatic carbocycles. The molecule has 0 radical (unpaired) electrons. The van der Waals surface area contributed by atoms with Gasteiger partial charge in [-0.1, -0.05) is 0 Å². The number of carbonyl (C=O) groups excluding carboxylic acids is 1. The summed E-state index contributed by atoms with van der Waals surface area (Å²) in [6, 6.07) is 12.8. The molecule has 3 aromatic heterocycles. The van der Waals surface area contributed by atoms with Gasteiger partial charge in [0.05, 0.1) is 18.7 Å². The smallest absolute Gasteiger partial charge is 0.196 e. The summed E-state index contributed by atoms with van der Waals surface area (Å²) < 4.78 is 5.18. The number of hydrogen-bond donors (Lipinski definition) is 1. The number of methoxy groups -OCH3 is 1. The van der Waals surface area contributed by atoms with Crippen molar-refractivity contribution in [1.29, 1.82) is 5.26 Å². The molecule has 6 nitrogen and oxygen atoms in total. The maximum Gasteiger partial charge on any atom is 0.196 e. The zero-order valence-corrected chi connectivity index (χ0v) is 14.4. The van der Waals surface area contributed by atoms with E-state index in [-0.39, 0.29) is 5.78 Å². The summed E-state index contributed by atoms with van der Waals surface area (Å²) in [5.74, 6) is 0.474. The van der Waals surface area contributed by atoms with Crippen molar-refractivity contribution in [2.75, 3.05) is 7.11 Å². The fraction of sp³-hybridized carbons (Fsp3) is 0.0476. The van der Waals surface area contributed by atoms with Crippen molar-refractivity contribution in [2.45, 2.75) is 0 Å². The van der Waals surface area contributed by atoms with Gasteiger partial charge in [0.1, 0.15) is 11.4 Å². The van der Waals surface area contributed by atoms with E-state index in [2.05, 4.69) is 21.0 Å². The second kappa shape index (κ2) is 6.73. The lowest BCUT2D eigenvalue weighted by molar-refractivity contribution is 0.104. The van der Waals surface area contributed by atoms with E-state index >= 15 is 0 Å². The van der Waals surface area contributed by atoms with Crippen LogP contribution in [0.15, 0.2) is 61.2 Å². The summed E-state index contributed by atoms with van der Waals surface area (Å²) in [5.41, 5.74) is 3.59. The van der Waals surface area contributed by atoms with Gasteiger partial charge in [0.2, 0.25) is 0 Å². The number of ketones is 1. The second-order valence-corrected chi connectivity index (χ2v) is 5.92. The van der Waals surface area contributed by atoms with Gasteiger partial charge in [0.15, 0.2) is 5.78 Å². The Bertz CT molecular complexity index is 1190. The van der Waals surface area contributed by atoms with Crippen LogP contribution in [0.25, 0.3) is 22.2 Å². The van der Waals surface area contributed by atoms with Gasteiger partial charge in [-0.05, 0) is 36.4 Å². The second-order valence-electron chi connectivity index (χ2n) is 5.92. The number of aromatic nitrogens is 3. The number of nitrogens with zero attached hydrogens (tertiary/aromatic N) is 3. The van der Waals surface area contributed by atoms with Crippen molar-refractivity contribution in [2.24, 2.45) is 0 Å². The molecule has 4 rings (SSSR count). The van der Waals surface area contributed by atoms with Gasteiger partial charge in [0, 0.05) is 52.4 Å². The van der Waals surface area contributed by atoms with Crippen LogP contribution in [0.4, 0.5) is 0 Å². The Morgan fingerprint density at radius 3 is 2.85 bits per heavy atom. The number of nitrogens with one attached hydrogen (secondary N) is 1. The quantitative estimate of drug-likeness (QED) is 0.564. The Kier molecular flexibility index (Phi) is 4.11. The number of carbonyl (C=O) groups is 1. The minimum Gasteiger partial charge on any atom is -0.497 e. The van der Waals surface area contributed by atoms with Crippen LogP contribution >= 0.6 is 0 Å². The van der Waals surface area contributed by atoms with E-state index in [4.69, 9.17) is 4.74 Å². The molecule has 0 unspecified atom stereocenters. The average Bonchev–Trinajstić information content (AvgIpc) is 3.16. The van der Waals surface area contributed by atoms with Crippen LogP contribution in [0.3, 0.4) is 0 Å². The summed E-state index contributed by atoms with van der Waals surface area (Å²) in [7, 11) is 1.56. The first-order valence-corrected chi connectivity index (χ1v) is 8.21. The van der Waals surface area contributed by atoms with E-state index < -0.39 is 0 Å². The van der Waals surface area contributed by atoms with Crippen molar-refractivity contribution < 1.29 is 9.53 Å². The summed E-state index contributed by atoms with van der Waals surface area (Å²) in [5, 5.41) is 10.2. The van der Waals surface area contributed by atoms with Crippen molar-refractivity contribution in [1.82, 2.24) is 15.0 Å². The lowest BCUT2D eigenvalue weighted by Gasteiger charge is -2.07. The van der Waals surface area contributed by atoms with Crippen molar-refractivity contribution in [3.63, 3.8) is 0 Å². The molecule has 3 heterocycles. The SMILES string of the molecule is COc1ccc(-c2cnc3[nH]cc(C(=O)c4cccnc4)c3c2)c(C#N)c1. The van der Waals surface area contributed by atoms with E-state index in [1.165, 1.54) is 6.20 Å². The topological polar surface area (TPSA) is 91.7 Å². The fourth-order valence-electron chi connectivity index (χ4n) is 2.99. The lowest BCUT2D eigenvalue weighted by atomic mass is 9.99. The Morgan fingerprint density at radius 2 is 2.11 bits per heavy atom. The summed E-state index contributed by atoms with van der Waals surface area (Å²) in [4.78, 5) is 24.3. The predicted octanol–water partition coefficient (Wildman–Crippen LogP) is 3.74. The summed E-state index contributed by atoms with van der Waals surface area (Å²) >= 11 is 0. The molecule has 0 spiro atoms. The Balaban J connectivity index is 1.84. The maximum absolute atomic E-state index is 12.8. The third-order valence-corrected chi connectivity index (χ3v) is 4.36. The highest BCUT2D eigenvalue weighted by molar-refractivity contribution is 6.16. The van der Waals surface area contributed by atoms with E-state index in [1.807, 2.05) is 12.1 Å². The Hall–Kier alpha value is -3.98. The van der Waals surface area contributed by atoms with E-state index in [1.54, 1.807) is 50.0 Å². The molecule has 0 amide bonds. The highest BCUT2D eigenvalue weighted by atomic mass is 16.5. The van der Waals surface area contributed by atoms with Crippen LogP contribution < -0.4 is 4.74 Å². The molecule has 0 saturated carbocycles. The lowest BCUT2D eigenvalue weighted by Crippen LogP contribution is -2.00. The first kappa shape index (κ1) is 16.5. The van der Waals surface area contributed by atoms with Gasteiger partial charge in [-0.25, -0.2) is 4.98 Å². The molecular weight excluding hydrogens is 340 g/mol. The molecule has 0 fully saturated rings. The highest BCUT2D eigenvalue weighted by Crippen LogP contribution is 2.30. The van der Waals surface area contributed by atoms with Crippen LogP contribution in [0, 0.1) is 11.3 Å². The average molecular weight is 354 g/mol. The molecule has 0 atom stereocenters. The highest BCUT2D eigenvalue weighted by Gasteiger charge is 2.16. The number of rotatable bonds is 4. The van der Waals surface area contributed by atoms with Crippen LogP contribution in [-0.4, -0.2) is 27.8 Å². The summed E-state index contributed by atoms with van der Waals surface area (Å²) in [6.45, 7) is 0. The third kappa shape index (κ3) is 2.92. The molecule has 0 saturated heterocycles. The van der Waals surface area contributed by atoms with Crippen LogP contribution in [0.1, 0.15) is 21.5 Å². The number of nitriles is 1.